The molecule has 132 valence electrons. The van der Waals surface area contributed by atoms with E-state index >= 15 is 0 Å². The summed E-state index contributed by atoms with van der Waals surface area (Å²) in [6.07, 6.45) is 4.20. The van der Waals surface area contributed by atoms with Gasteiger partial charge in [0, 0.05) is 51.2 Å². The molecule has 0 atom stereocenters. The molecule has 0 spiro atoms. The zero-order chi connectivity index (χ0) is 17.5. The predicted octanol–water partition coefficient (Wildman–Crippen LogP) is 2.36. The van der Waals surface area contributed by atoms with Crippen LogP contribution in [0.3, 0.4) is 0 Å². The van der Waals surface area contributed by atoms with Crippen molar-refractivity contribution in [2.24, 2.45) is 0 Å². The molecule has 3 rings (SSSR count). The van der Waals surface area contributed by atoms with Crippen LogP contribution in [0.5, 0.6) is 5.88 Å². The van der Waals surface area contributed by atoms with E-state index in [-0.39, 0.29) is 5.91 Å². The summed E-state index contributed by atoms with van der Waals surface area (Å²) in [6.45, 7) is 4.77. The SMILES string of the molecule is O=C(c1cccnc1)N1CCN(CCCOc2cccc(Cl)n2)CC1. The number of carbonyl (C=O) groups excluding carboxylic acids is 1. The fourth-order valence-electron chi connectivity index (χ4n) is 2.78. The molecule has 1 aliphatic heterocycles. The molecule has 1 saturated heterocycles. The van der Waals surface area contributed by atoms with Crippen molar-refractivity contribution < 1.29 is 9.53 Å². The van der Waals surface area contributed by atoms with Gasteiger partial charge in [-0.1, -0.05) is 17.7 Å². The van der Waals surface area contributed by atoms with Crippen LogP contribution < -0.4 is 4.74 Å². The topological polar surface area (TPSA) is 58.6 Å². The van der Waals surface area contributed by atoms with Crippen LogP contribution in [0.4, 0.5) is 0 Å². The average Bonchev–Trinajstić information content (AvgIpc) is 2.66. The molecular formula is C18H21ClN4O2. The Morgan fingerprint density at radius 1 is 1.16 bits per heavy atom. The van der Waals surface area contributed by atoms with Gasteiger partial charge in [-0.15, -0.1) is 0 Å². The number of nitrogens with zero attached hydrogens (tertiary/aromatic N) is 4. The molecule has 1 aliphatic rings. The summed E-state index contributed by atoms with van der Waals surface area (Å²) in [7, 11) is 0. The fraction of sp³-hybridized carbons (Fsp3) is 0.389. The molecule has 0 aromatic carbocycles. The molecule has 25 heavy (non-hydrogen) atoms. The van der Waals surface area contributed by atoms with Gasteiger partial charge in [-0.3, -0.25) is 14.7 Å². The molecule has 3 heterocycles. The predicted molar refractivity (Wildman–Crippen MR) is 95.9 cm³/mol. The van der Waals surface area contributed by atoms with Crippen molar-refractivity contribution in [3.8, 4) is 5.88 Å². The van der Waals surface area contributed by atoms with Crippen LogP contribution in [0, 0.1) is 0 Å². The van der Waals surface area contributed by atoms with E-state index in [1.807, 2.05) is 17.0 Å². The van der Waals surface area contributed by atoms with Gasteiger partial charge in [-0.2, -0.15) is 0 Å². The Bertz CT molecular complexity index is 690. The first-order valence-electron chi connectivity index (χ1n) is 8.39. The number of carbonyl (C=O) groups is 1. The van der Waals surface area contributed by atoms with Crippen LogP contribution >= 0.6 is 11.6 Å². The van der Waals surface area contributed by atoms with E-state index in [0.29, 0.717) is 23.2 Å². The molecule has 0 radical (unpaired) electrons. The molecule has 2 aromatic rings. The maximum atomic E-state index is 12.4. The smallest absolute Gasteiger partial charge is 0.255 e. The number of pyridine rings is 2. The summed E-state index contributed by atoms with van der Waals surface area (Å²) >= 11 is 5.83. The molecule has 1 fully saturated rings. The lowest BCUT2D eigenvalue weighted by Crippen LogP contribution is -2.49. The van der Waals surface area contributed by atoms with Crippen LogP contribution in [0.25, 0.3) is 0 Å². The number of hydrogen-bond donors (Lipinski definition) is 0. The van der Waals surface area contributed by atoms with Crippen LogP contribution in [0.15, 0.2) is 42.7 Å². The normalized spacial score (nSPS) is 15.2. The van der Waals surface area contributed by atoms with Crippen molar-refractivity contribution >= 4 is 17.5 Å². The van der Waals surface area contributed by atoms with Gasteiger partial charge in [0.2, 0.25) is 5.88 Å². The number of aromatic nitrogens is 2. The highest BCUT2D eigenvalue weighted by Crippen LogP contribution is 2.12. The third-order valence-corrected chi connectivity index (χ3v) is 4.34. The van der Waals surface area contributed by atoms with Crippen LogP contribution in [-0.4, -0.2) is 65.0 Å². The van der Waals surface area contributed by atoms with E-state index in [1.54, 1.807) is 30.6 Å². The molecule has 0 N–H and O–H groups in total. The zero-order valence-corrected chi connectivity index (χ0v) is 14.7. The number of ether oxygens (including phenoxy) is 1. The fourth-order valence-corrected chi connectivity index (χ4v) is 2.94. The summed E-state index contributed by atoms with van der Waals surface area (Å²) < 4.78 is 5.60. The number of rotatable bonds is 6. The van der Waals surface area contributed by atoms with Crippen LogP contribution in [0.2, 0.25) is 5.15 Å². The first-order valence-corrected chi connectivity index (χ1v) is 8.77. The van der Waals surface area contributed by atoms with Crippen LogP contribution in [-0.2, 0) is 0 Å². The van der Waals surface area contributed by atoms with E-state index in [2.05, 4.69) is 14.9 Å². The van der Waals surface area contributed by atoms with E-state index in [4.69, 9.17) is 16.3 Å². The monoisotopic (exact) mass is 360 g/mol. The molecule has 0 bridgehead atoms. The zero-order valence-electron chi connectivity index (χ0n) is 14.0. The summed E-state index contributed by atoms with van der Waals surface area (Å²) in [6, 6.07) is 8.94. The maximum absolute atomic E-state index is 12.4. The molecular weight excluding hydrogens is 340 g/mol. The molecule has 0 aliphatic carbocycles. The maximum Gasteiger partial charge on any atom is 0.255 e. The average molecular weight is 361 g/mol. The van der Waals surface area contributed by atoms with E-state index < -0.39 is 0 Å². The molecule has 1 amide bonds. The first-order chi connectivity index (χ1) is 12.2. The van der Waals surface area contributed by atoms with E-state index in [9.17, 15) is 4.79 Å². The Balaban J connectivity index is 1.36. The molecule has 6 nitrogen and oxygen atoms in total. The van der Waals surface area contributed by atoms with Crippen molar-refractivity contribution in [3.05, 3.63) is 53.4 Å². The standard InChI is InChI=1S/C18H21ClN4O2/c19-16-5-1-6-17(21-16)25-13-3-8-22-9-11-23(12-10-22)18(24)15-4-2-7-20-14-15/h1-2,4-7,14H,3,8-13H2. The minimum Gasteiger partial charge on any atom is -0.478 e. The highest BCUT2D eigenvalue weighted by atomic mass is 35.5. The van der Waals surface area contributed by atoms with Gasteiger partial charge < -0.3 is 9.64 Å². The van der Waals surface area contributed by atoms with Gasteiger partial charge >= 0.3 is 0 Å². The van der Waals surface area contributed by atoms with Crippen LogP contribution in [0.1, 0.15) is 16.8 Å². The Labute approximate surface area is 152 Å². The van der Waals surface area contributed by atoms with Gasteiger partial charge in [-0.05, 0) is 24.6 Å². The largest absolute Gasteiger partial charge is 0.478 e. The quantitative estimate of drug-likeness (QED) is 0.584. The lowest BCUT2D eigenvalue weighted by atomic mass is 10.2. The highest BCUT2D eigenvalue weighted by Gasteiger charge is 2.21. The number of hydrogen-bond acceptors (Lipinski definition) is 5. The Morgan fingerprint density at radius 3 is 2.72 bits per heavy atom. The summed E-state index contributed by atoms with van der Waals surface area (Å²) in [5.41, 5.74) is 0.651. The van der Waals surface area contributed by atoms with Crippen molar-refractivity contribution in [2.45, 2.75) is 6.42 Å². The first kappa shape index (κ1) is 17.6. The third-order valence-electron chi connectivity index (χ3n) is 4.13. The van der Waals surface area contributed by atoms with Gasteiger partial charge in [0.25, 0.3) is 5.91 Å². The van der Waals surface area contributed by atoms with E-state index in [0.717, 1.165) is 39.1 Å². The van der Waals surface area contributed by atoms with Crippen molar-refractivity contribution in [3.63, 3.8) is 0 Å². The number of amides is 1. The Hall–Kier alpha value is -2.18. The van der Waals surface area contributed by atoms with Gasteiger partial charge in [0.05, 0.1) is 12.2 Å². The van der Waals surface area contributed by atoms with Crippen molar-refractivity contribution in [2.75, 3.05) is 39.3 Å². The minimum absolute atomic E-state index is 0.0584. The Morgan fingerprint density at radius 2 is 2.00 bits per heavy atom. The van der Waals surface area contributed by atoms with E-state index in [1.165, 1.54) is 0 Å². The minimum atomic E-state index is 0.0584. The lowest BCUT2D eigenvalue weighted by Gasteiger charge is -2.34. The van der Waals surface area contributed by atoms with Gasteiger partial charge in [-0.25, -0.2) is 4.98 Å². The second-order valence-electron chi connectivity index (χ2n) is 5.88. The summed E-state index contributed by atoms with van der Waals surface area (Å²) in [5.74, 6) is 0.613. The molecule has 0 unspecified atom stereocenters. The van der Waals surface area contributed by atoms with Crippen molar-refractivity contribution in [1.29, 1.82) is 0 Å². The highest BCUT2D eigenvalue weighted by molar-refractivity contribution is 6.29. The van der Waals surface area contributed by atoms with Crippen molar-refractivity contribution in [1.82, 2.24) is 19.8 Å². The lowest BCUT2D eigenvalue weighted by molar-refractivity contribution is 0.0630. The van der Waals surface area contributed by atoms with Gasteiger partial charge in [0.1, 0.15) is 5.15 Å². The van der Waals surface area contributed by atoms with Gasteiger partial charge in [0.15, 0.2) is 0 Å². The second-order valence-corrected chi connectivity index (χ2v) is 6.26. The summed E-state index contributed by atoms with van der Waals surface area (Å²) in [4.78, 5) is 24.7. The summed E-state index contributed by atoms with van der Waals surface area (Å²) in [5, 5.41) is 0.437. The third kappa shape index (κ3) is 5.14. The molecule has 0 saturated carbocycles. The molecule has 2 aromatic heterocycles. The number of halogens is 1. The Kier molecular flexibility index (Phi) is 6.19. The second kappa shape index (κ2) is 8.78. The number of piperazine rings is 1. The molecule has 7 heteroatoms.